The Balaban J connectivity index is 1.77. The van der Waals surface area contributed by atoms with E-state index in [-0.39, 0.29) is 22.9 Å². The Kier molecular flexibility index (Phi) is 5.46. The first kappa shape index (κ1) is 21.3. The monoisotopic (exact) mass is 438 g/mol. The maximum absolute atomic E-state index is 12.5. The molecule has 10 heteroatoms. The highest BCUT2D eigenvalue weighted by Gasteiger charge is 2.49. The number of methoxy groups -OCH3 is 1. The molecule has 0 spiro atoms. The Morgan fingerprint density at radius 2 is 1.66 bits per heavy atom. The van der Waals surface area contributed by atoms with Crippen LogP contribution in [0.15, 0.2) is 53.4 Å². The van der Waals surface area contributed by atoms with Crippen molar-refractivity contribution in [2.75, 3.05) is 17.2 Å². The molecule has 1 N–H and O–H groups in total. The molecule has 0 bridgehead atoms. The van der Waals surface area contributed by atoms with E-state index in [9.17, 15) is 21.6 Å². The molecule has 29 heavy (non-hydrogen) atoms. The van der Waals surface area contributed by atoms with E-state index >= 15 is 0 Å². The summed E-state index contributed by atoms with van der Waals surface area (Å²) in [6.07, 6.45) is 0. The SMILES string of the molecule is COc1ccc(CNS(=O)(=O)c2ccc(N3C(=O)C(C)(C)CS3(=O)=O)cc2)cc1. The van der Waals surface area contributed by atoms with E-state index in [1.54, 1.807) is 45.2 Å². The molecule has 1 aliphatic rings. The summed E-state index contributed by atoms with van der Waals surface area (Å²) >= 11 is 0. The van der Waals surface area contributed by atoms with Crippen LogP contribution in [0.3, 0.4) is 0 Å². The first-order valence-corrected chi connectivity index (χ1v) is 11.9. The van der Waals surface area contributed by atoms with Gasteiger partial charge >= 0.3 is 0 Å². The zero-order chi connectivity index (χ0) is 21.4. The Labute approximate surface area is 170 Å². The minimum absolute atomic E-state index is 0.0296. The van der Waals surface area contributed by atoms with Crippen LogP contribution in [0.5, 0.6) is 5.75 Å². The van der Waals surface area contributed by atoms with Crippen molar-refractivity contribution in [2.45, 2.75) is 25.3 Å². The second kappa shape index (κ2) is 7.43. The first-order chi connectivity index (χ1) is 13.5. The summed E-state index contributed by atoms with van der Waals surface area (Å²) < 4.78 is 58.0. The number of benzene rings is 2. The van der Waals surface area contributed by atoms with Gasteiger partial charge in [-0.05, 0) is 55.8 Å². The third-order valence-corrected chi connectivity index (χ3v) is 8.03. The topological polar surface area (TPSA) is 110 Å². The fourth-order valence-electron chi connectivity index (χ4n) is 3.03. The number of anilines is 1. The van der Waals surface area contributed by atoms with E-state index in [0.29, 0.717) is 5.75 Å². The van der Waals surface area contributed by atoms with Crippen molar-refractivity contribution in [3.8, 4) is 5.75 Å². The van der Waals surface area contributed by atoms with Crippen LogP contribution in [0.2, 0.25) is 0 Å². The van der Waals surface area contributed by atoms with Crippen LogP contribution in [-0.4, -0.2) is 35.6 Å². The van der Waals surface area contributed by atoms with Crippen molar-refractivity contribution < 1.29 is 26.4 Å². The molecule has 0 saturated carbocycles. The Bertz CT molecular complexity index is 1120. The normalized spacial score (nSPS) is 18.0. The molecule has 1 saturated heterocycles. The van der Waals surface area contributed by atoms with Gasteiger partial charge in [0.15, 0.2) is 0 Å². The predicted molar refractivity (Wildman–Crippen MR) is 109 cm³/mol. The number of nitrogens with zero attached hydrogens (tertiary/aromatic N) is 1. The summed E-state index contributed by atoms with van der Waals surface area (Å²) in [5.74, 6) is -0.157. The highest BCUT2D eigenvalue weighted by atomic mass is 32.2. The van der Waals surface area contributed by atoms with Crippen molar-refractivity contribution in [3.63, 3.8) is 0 Å². The fourth-order valence-corrected chi connectivity index (χ4v) is 6.15. The molecule has 0 atom stereocenters. The summed E-state index contributed by atoms with van der Waals surface area (Å²) in [5, 5.41) is 0. The lowest BCUT2D eigenvalue weighted by Crippen LogP contribution is -2.33. The molecule has 1 aliphatic heterocycles. The number of ether oxygens (including phenoxy) is 1. The van der Waals surface area contributed by atoms with Crippen molar-refractivity contribution >= 4 is 31.6 Å². The molecule has 0 unspecified atom stereocenters. The van der Waals surface area contributed by atoms with Gasteiger partial charge in [0, 0.05) is 6.54 Å². The maximum atomic E-state index is 12.5. The van der Waals surface area contributed by atoms with Crippen LogP contribution < -0.4 is 13.8 Å². The number of amides is 1. The maximum Gasteiger partial charge on any atom is 0.247 e. The molecular formula is C19H22N2O6S2. The van der Waals surface area contributed by atoms with Gasteiger partial charge in [0.25, 0.3) is 0 Å². The summed E-state index contributed by atoms with van der Waals surface area (Å²) in [4.78, 5) is 12.4. The average Bonchev–Trinajstić information content (AvgIpc) is 2.83. The van der Waals surface area contributed by atoms with Gasteiger partial charge in [0.05, 0.1) is 28.9 Å². The van der Waals surface area contributed by atoms with Gasteiger partial charge in [0.1, 0.15) is 5.75 Å². The number of hydrogen-bond donors (Lipinski definition) is 1. The lowest BCUT2D eigenvalue weighted by molar-refractivity contribution is -0.123. The predicted octanol–water partition coefficient (Wildman–Crippen LogP) is 1.88. The minimum atomic E-state index is -3.81. The highest BCUT2D eigenvalue weighted by Crippen LogP contribution is 2.35. The Morgan fingerprint density at radius 3 is 2.14 bits per heavy atom. The van der Waals surface area contributed by atoms with Crippen molar-refractivity contribution in [2.24, 2.45) is 5.41 Å². The van der Waals surface area contributed by atoms with E-state index in [1.165, 1.54) is 24.3 Å². The van der Waals surface area contributed by atoms with Gasteiger partial charge in [-0.3, -0.25) is 4.79 Å². The molecular weight excluding hydrogens is 416 g/mol. The fraction of sp³-hybridized carbons (Fsp3) is 0.316. The van der Waals surface area contributed by atoms with Crippen LogP contribution in [0.25, 0.3) is 0 Å². The van der Waals surface area contributed by atoms with Gasteiger partial charge in [-0.15, -0.1) is 0 Å². The quantitative estimate of drug-likeness (QED) is 0.737. The Morgan fingerprint density at radius 1 is 1.07 bits per heavy atom. The van der Waals surface area contributed by atoms with Gasteiger partial charge < -0.3 is 4.74 Å². The van der Waals surface area contributed by atoms with E-state index < -0.39 is 31.4 Å². The van der Waals surface area contributed by atoms with E-state index in [1.807, 2.05) is 0 Å². The number of nitrogens with one attached hydrogen (secondary N) is 1. The number of carbonyl (C=O) groups is 1. The second-order valence-electron chi connectivity index (χ2n) is 7.38. The number of rotatable bonds is 6. The smallest absolute Gasteiger partial charge is 0.247 e. The molecule has 8 nitrogen and oxygen atoms in total. The molecule has 1 heterocycles. The van der Waals surface area contributed by atoms with Gasteiger partial charge in [0.2, 0.25) is 26.0 Å². The largest absolute Gasteiger partial charge is 0.497 e. The molecule has 0 aromatic heterocycles. The second-order valence-corrected chi connectivity index (χ2v) is 11.0. The van der Waals surface area contributed by atoms with Gasteiger partial charge in [-0.1, -0.05) is 12.1 Å². The molecule has 3 rings (SSSR count). The lowest BCUT2D eigenvalue weighted by Gasteiger charge is -2.17. The Hall–Kier alpha value is -2.43. The first-order valence-electron chi connectivity index (χ1n) is 8.76. The average molecular weight is 439 g/mol. The number of sulfonamides is 2. The van der Waals surface area contributed by atoms with Gasteiger partial charge in [-0.25, -0.2) is 25.9 Å². The lowest BCUT2D eigenvalue weighted by atomic mass is 9.95. The summed E-state index contributed by atoms with van der Waals surface area (Å²) in [5.41, 5.74) is -0.152. The molecule has 2 aromatic carbocycles. The molecule has 156 valence electrons. The summed E-state index contributed by atoms with van der Waals surface area (Å²) in [7, 11) is -6.06. The molecule has 1 amide bonds. The highest BCUT2D eigenvalue weighted by molar-refractivity contribution is 7.94. The standard InChI is InChI=1S/C19H22N2O6S2/c1-19(2)13-28(23,24)21(18(19)22)15-6-10-17(11-7-15)29(25,26)20-12-14-4-8-16(27-3)9-5-14/h4-11,20H,12-13H2,1-3H3. The molecule has 0 radical (unpaired) electrons. The number of carbonyl (C=O) groups excluding carboxylic acids is 1. The van der Waals surface area contributed by atoms with Crippen LogP contribution in [-0.2, 0) is 31.4 Å². The third kappa shape index (κ3) is 4.29. The minimum Gasteiger partial charge on any atom is -0.497 e. The number of hydrogen-bond acceptors (Lipinski definition) is 6. The van der Waals surface area contributed by atoms with E-state index in [4.69, 9.17) is 4.74 Å². The van der Waals surface area contributed by atoms with Crippen LogP contribution in [0.1, 0.15) is 19.4 Å². The summed E-state index contributed by atoms with van der Waals surface area (Å²) in [6.45, 7) is 3.21. The molecule has 1 fully saturated rings. The van der Waals surface area contributed by atoms with Crippen molar-refractivity contribution in [1.82, 2.24) is 4.72 Å². The summed E-state index contributed by atoms with van der Waals surface area (Å²) in [6, 6.07) is 12.1. The van der Waals surface area contributed by atoms with Crippen molar-refractivity contribution in [1.29, 1.82) is 0 Å². The zero-order valence-corrected chi connectivity index (χ0v) is 17.9. The van der Waals surface area contributed by atoms with Crippen molar-refractivity contribution in [3.05, 3.63) is 54.1 Å². The van der Waals surface area contributed by atoms with Crippen LogP contribution >= 0.6 is 0 Å². The molecule has 2 aromatic rings. The van der Waals surface area contributed by atoms with Crippen LogP contribution in [0, 0.1) is 5.41 Å². The van der Waals surface area contributed by atoms with Gasteiger partial charge in [-0.2, -0.15) is 0 Å². The van der Waals surface area contributed by atoms with E-state index in [0.717, 1.165) is 9.87 Å². The third-order valence-electron chi connectivity index (χ3n) is 4.59. The van der Waals surface area contributed by atoms with Crippen LogP contribution in [0.4, 0.5) is 5.69 Å². The molecule has 0 aliphatic carbocycles. The van der Waals surface area contributed by atoms with E-state index in [2.05, 4.69) is 4.72 Å². The zero-order valence-electron chi connectivity index (χ0n) is 16.2.